The fraction of sp³-hybridized carbons (Fsp3) is 0.250. The molecule has 0 fully saturated rings. The maximum atomic E-state index is 11.6. The number of hydrogen-bond acceptors (Lipinski definition) is 5. The second kappa shape index (κ2) is 9.38. The van der Waals surface area contributed by atoms with E-state index in [0.717, 1.165) is 41.8 Å². The Hall–Kier alpha value is -3.74. The maximum Gasteiger partial charge on any atom is 0.328 e. The van der Waals surface area contributed by atoms with Crippen molar-refractivity contribution in [1.82, 2.24) is 19.7 Å². The van der Waals surface area contributed by atoms with E-state index in [2.05, 4.69) is 27.2 Å². The van der Waals surface area contributed by atoms with Crippen molar-refractivity contribution in [2.24, 2.45) is 0 Å². The van der Waals surface area contributed by atoms with Gasteiger partial charge in [0.25, 0.3) is 0 Å². The first kappa shape index (κ1) is 20.5. The fourth-order valence-corrected chi connectivity index (χ4v) is 3.56. The van der Waals surface area contributed by atoms with Gasteiger partial charge in [-0.05, 0) is 49.4 Å². The molecule has 158 valence electrons. The van der Waals surface area contributed by atoms with Gasteiger partial charge in [0, 0.05) is 12.0 Å². The largest absolute Gasteiger partial charge is 0.480 e. The third kappa shape index (κ3) is 5.06. The summed E-state index contributed by atoms with van der Waals surface area (Å²) in [7, 11) is 0. The first-order chi connectivity index (χ1) is 15.1. The lowest BCUT2D eigenvalue weighted by molar-refractivity contribution is -0.141. The smallest absolute Gasteiger partial charge is 0.328 e. The van der Waals surface area contributed by atoms with Gasteiger partial charge < -0.3 is 9.52 Å². The van der Waals surface area contributed by atoms with Gasteiger partial charge in [-0.15, -0.1) is 0 Å². The first-order valence-corrected chi connectivity index (χ1v) is 10.3. The maximum absolute atomic E-state index is 11.6. The average molecular weight is 416 g/mol. The zero-order valence-corrected chi connectivity index (χ0v) is 17.3. The van der Waals surface area contributed by atoms with Crippen molar-refractivity contribution in [2.75, 3.05) is 0 Å². The van der Waals surface area contributed by atoms with E-state index < -0.39 is 12.0 Å². The summed E-state index contributed by atoms with van der Waals surface area (Å²) in [5, 5.41) is 13.4. The molecule has 0 saturated carbocycles. The molecule has 0 radical (unpaired) electrons. The highest BCUT2D eigenvalue weighted by atomic mass is 16.4. The number of aryl methyl sites for hydroxylation is 3. The zero-order valence-electron chi connectivity index (χ0n) is 17.3. The normalized spacial score (nSPS) is 12.0. The monoisotopic (exact) mass is 416 g/mol. The van der Waals surface area contributed by atoms with E-state index >= 15 is 0 Å². The zero-order chi connectivity index (χ0) is 21.6. The van der Waals surface area contributed by atoms with Gasteiger partial charge in [0.1, 0.15) is 18.4 Å². The van der Waals surface area contributed by atoms with Crippen molar-refractivity contribution in [1.29, 1.82) is 0 Å². The van der Waals surface area contributed by atoms with Crippen LogP contribution in [0.5, 0.6) is 0 Å². The van der Waals surface area contributed by atoms with E-state index in [4.69, 9.17) is 4.42 Å². The number of carbonyl (C=O) groups is 1. The summed E-state index contributed by atoms with van der Waals surface area (Å²) in [6, 6.07) is 17.2. The van der Waals surface area contributed by atoms with E-state index in [-0.39, 0.29) is 0 Å². The summed E-state index contributed by atoms with van der Waals surface area (Å²) in [4.78, 5) is 20.1. The Morgan fingerprint density at radius 2 is 1.81 bits per heavy atom. The minimum absolute atomic E-state index is 0.360. The second-order valence-corrected chi connectivity index (χ2v) is 7.49. The lowest BCUT2D eigenvalue weighted by atomic mass is 10.0. The third-order valence-electron chi connectivity index (χ3n) is 5.29. The predicted molar refractivity (Wildman–Crippen MR) is 116 cm³/mol. The van der Waals surface area contributed by atoms with E-state index in [9.17, 15) is 9.90 Å². The molecule has 0 bridgehead atoms. The summed E-state index contributed by atoms with van der Waals surface area (Å²) in [6.45, 7) is 1.96. The van der Waals surface area contributed by atoms with Crippen molar-refractivity contribution in [3.63, 3.8) is 0 Å². The van der Waals surface area contributed by atoms with E-state index in [0.29, 0.717) is 12.3 Å². The molecule has 1 N–H and O–H groups in total. The Morgan fingerprint density at radius 1 is 1.06 bits per heavy atom. The molecular weight excluding hydrogens is 392 g/mol. The van der Waals surface area contributed by atoms with Gasteiger partial charge >= 0.3 is 5.97 Å². The highest BCUT2D eigenvalue weighted by Gasteiger charge is 2.20. The topological polar surface area (TPSA) is 94.0 Å². The van der Waals surface area contributed by atoms with Crippen LogP contribution >= 0.6 is 0 Å². The van der Waals surface area contributed by atoms with Crippen LogP contribution in [0.2, 0.25) is 0 Å². The molecule has 2 aromatic heterocycles. The van der Waals surface area contributed by atoms with Crippen molar-refractivity contribution in [2.45, 2.75) is 38.6 Å². The Labute approximate surface area is 180 Å². The van der Waals surface area contributed by atoms with Crippen LogP contribution in [0.3, 0.4) is 0 Å². The summed E-state index contributed by atoms with van der Waals surface area (Å²) < 4.78 is 7.21. The summed E-state index contributed by atoms with van der Waals surface area (Å²) in [5.41, 5.74) is 4.14. The highest BCUT2D eigenvalue weighted by molar-refractivity contribution is 5.72. The van der Waals surface area contributed by atoms with E-state index in [1.807, 2.05) is 49.4 Å². The third-order valence-corrected chi connectivity index (χ3v) is 5.29. The van der Waals surface area contributed by atoms with Crippen molar-refractivity contribution >= 4 is 5.97 Å². The molecule has 0 amide bonds. The van der Waals surface area contributed by atoms with Gasteiger partial charge in [0.2, 0.25) is 5.89 Å². The van der Waals surface area contributed by atoms with Crippen LogP contribution in [0.4, 0.5) is 0 Å². The van der Waals surface area contributed by atoms with Gasteiger partial charge in [0.15, 0.2) is 6.04 Å². The number of aromatic nitrogens is 4. The molecule has 0 aliphatic heterocycles. The summed E-state index contributed by atoms with van der Waals surface area (Å²) in [5.74, 6) is 0.604. The predicted octanol–water partition coefficient (Wildman–Crippen LogP) is 4.29. The van der Waals surface area contributed by atoms with Crippen LogP contribution in [0.15, 0.2) is 71.7 Å². The molecule has 4 rings (SSSR count). The molecule has 0 unspecified atom stereocenters. The molecule has 0 aliphatic rings. The first-order valence-electron chi connectivity index (χ1n) is 10.3. The van der Waals surface area contributed by atoms with Gasteiger partial charge in [0.05, 0.1) is 5.69 Å². The van der Waals surface area contributed by atoms with Gasteiger partial charge in [-0.1, -0.05) is 42.5 Å². The van der Waals surface area contributed by atoms with Crippen LogP contribution in [-0.4, -0.2) is 30.8 Å². The minimum atomic E-state index is -0.924. The molecule has 2 heterocycles. The van der Waals surface area contributed by atoms with Crippen LogP contribution < -0.4 is 0 Å². The number of carboxylic acid groups (broad SMARTS) is 1. The average Bonchev–Trinajstić information content (AvgIpc) is 3.44. The van der Waals surface area contributed by atoms with Crippen LogP contribution in [0, 0.1) is 6.92 Å². The molecule has 7 nitrogen and oxygen atoms in total. The Bertz CT molecular complexity index is 1120. The van der Waals surface area contributed by atoms with Gasteiger partial charge in [-0.2, -0.15) is 5.10 Å². The number of hydrogen-bond donors (Lipinski definition) is 1. The summed E-state index contributed by atoms with van der Waals surface area (Å²) >= 11 is 0. The number of oxazole rings is 1. The second-order valence-electron chi connectivity index (χ2n) is 7.49. The Morgan fingerprint density at radius 3 is 2.48 bits per heavy atom. The Kier molecular flexibility index (Phi) is 6.21. The Balaban J connectivity index is 1.33. The molecule has 0 aliphatic carbocycles. The van der Waals surface area contributed by atoms with Gasteiger partial charge in [-0.3, -0.25) is 0 Å². The number of nitrogens with zero attached hydrogens (tertiary/aromatic N) is 4. The highest BCUT2D eigenvalue weighted by Crippen LogP contribution is 2.22. The van der Waals surface area contributed by atoms with Crippen molar-refractivity contribution in [3.05, 3.63) is 89.8 Å². The molecule has 31 heavy (non-hydrogen) atoms. The standard InChI is InChI=1S/C24H24N4O3/c1-17-21(27-23(31-17)20-7-3-2-4-8-20)9-5-6-18-10-12-19(13-11-18)14-22(24(29)30)28-16-25-15-26-28/h2-4,7-8,10-13,15-16,22H,5-6,9,14H2,1H3,(H,29,30)/t22-/m1/s1. The molecule has 0 saturated heterocycles. The number of benzene rings is 2. The lowest BCUT2D eigenvalue weighted by Gasteiger charge is -2.12. The minimum Gasteiger partial charge on any atom is -0.480 e. The fourth-order valence-electron chi connectivity index (χ4n) is 3.56. The lowest BCUT2D eigenvalue weighted by Crippen LogP contribution is -2.21. The van der Waals surface area contributed by atoms with Crippen LogP contribution in [0.1, 0.15) is 35.0 Å². The number of carboxylic acids is 1. The molecule has 1 atom stereocenters. The van der Waals surface area contributed by atoms with E-state index in [1.165, 1.54) is 22.9 Å². The van der Waals surface area contributed by atoms with Crippen LogP contribution in [0.25, 0.3) is 11.5 Å². The molecule has 0 spiro atoms. The quantitative estimate of drug-likeness (QED) is 0.438. The molecule has 7 heteroatoms. The summed E-state index contributed by atoms with van der Waals surface area (Å²) in [6.07, 6.45) is 5.85. The van der Waals surface area contributed by atoms with Crippen molar-refractivity contribution in [3.8, 4) is 11.5 Å². The van der Waals surface area contributed by atoms with E-state index in [1.54, 1.807) is 0 Å². The number of aliphatic carboxylic acids is 1. The van der Waals surface area contributed by atoms with Gasteiger partial charge in [-0.25, -0.2) is 19.4 Å². The molecule has 4 aromatic rings. The van der Waals surface area contributed by atoms with Crippen LogP contribution in [-0.2, 0) is 24.1 Å². The molecule has 2 aromatic carbocycles. The van der Waals surface area contributed by atoms with Crippen molar-refractivity contribution < 1.29 is 14.3 Å². The SMILES string of the molecule is Cc1oc(-c2ccccc2)nc1CCCc1ccc(C[C@H](C(=O)O)n2cncn2)cc1. The molecular formula is C24H24N4O3. The number of rotatable bonds is 9.